The molecule has 1 N–H and O–H groups in total. The Bertz CT molecular complexity index is 867. The number of fused-ring (bicyclic) bond motifs is 1. The van der Waals surface area contributed by atoms with Gasteiger partial charge in [-0.05, 0) is 40.8 Å². The average Bonchev–Trinajstić information content (AvgIpc) is 2.96. The fraction of sp³-hybridized carbons (Fsp3) is 0.0909. The topological polar surface area (TPSA) is 75.7 Å². The number of aromatic amines is 1. The van der Waals surface area contributed by atoms with Crippen LogP contribution in [-0.2, 0) is 9.84 Å². The van der Waals surface area contributed by atoms with Crippen LogP contribution >= 0.6 is 33.9 Å². The summed E-state index contributed by atoms with van der Waals surface area (Å²) in [6.45, 7) is 0. The number of benzene rings is 1. The Balaban J connectivity index is 2.13. The molecule has 0 atom stereocenters. The van der Waals surface area contributed by atoms with Crippen LogP contribution in [0.2, 0.25) is 0 Å². The number of H-pyrrole nitrogens is 1. The molecule has 0 saturated heterocycles. The van der Waals surface area contributed by atoms with Gasteiger partial charge in [0.05, 0.1) is 0 Å². The van der Waals surface area contributed by atoms with Crippen LogP contribution in [0.25, 0.3) is 21.5 Å². The Morgan fingerprint density at radius 2 is 2.11 bits per heavy atom. The lowest BCUT2D eigenvalue weighted by Crippen LogP contribution is -1.95. The van der Waals surface area contributed by atoms with Crippen LogP contribution in [0.1, 0.15) is 0 Å². The molecule has 2 heterocycles. The molecular formula is C11H8IN3O2S2. The zero-order valence-electron chi connectivity index (χ0n) is 9.71. The van der Waals surface area contributed by atoms with E-state index in [-0.39, 0.29) is 4.34 Å². The normalized spacial score (nSPS) is 12.1. The second-order valence-electron chi connectivity index (χ2n) is 4.04. The maximum Gasteiger partial charge on any atom is 0.232 e. The van der Waals surface area contributed by atoms with Crippen molar-refractivity contribution in [3.05, 3.63) is 28.0 Å². The summed E-state index contributed by atoms with van der Waals surface area (Å²) in [6, 6.07) is 5.84. The second kappa shape index (κ2) is 4.53. The van der Waals surface area contributed by atoms with Gasteiger partial charge in [0.15, 0.2) is 0 Å². The molecule has 0 spiro atoms. The molecule has 98 valence electrons. The van der Waals surface area contributed by atoms with Crippen LogP contribution in [0.15, 0.2) is 28.7 Å². The minimum Gasteiger partial charge on any atom is -0.360 e. The Morgan fingerprint density at radius 3 is 2.79 bits per heavy atom. The van der Waals surface area contributed by atoms with E-state index >= 15 is 0 Å². The first-order valence-electron chi connectivity index (χ1n) is 5.26. The summed E-state index contributed by atoms with van der Waals surface area (Å²) >= 11 is 3.33. The van der Waals surface area contributed by atoms with Gasteiger partial charge in [0.2, 0.25) is 14.2 Å². The molecule has 19 heavy (non-hydrogen) atoms. The molecule has 0 fully saturated rings. The van der Waals surface area contributed by atoms with Crippen LogP contribution in [-0.4, -0.2) is 29.9 Å². The van der Waals surface area contributed by atoms with Gasteiger partial charge in [-0.25, -0.2) is 8.42 Å². The highest BCUT2D eigenvalue weighted by molar-refractivity contribution is 14.1. The highest BCUT2D eigenvalue weighted by Gasteiger charge is 2.15. The zero-order valence-corrected chi connectivity index (χ0v) is 13.5. The third-order valence-electron chi connectivity index (χ3n) is 2.60. The summed E-state index contributed by atoms with van der Waals surface area (Å²) in [5.41, 5.74) is 1.92. The summed E-state index contributed by atoms with van der Waals surface area (Å²) < 4.78 is 24.0. The first kappa shape index (κ1) is 13.0. The number of nitrogens with one attached hydrogen (secondary N) is 1. The van der Waals surface area contributed by atoms with Gasteiger partial charge in [0.25, 0.3) is 0 Å². The molecule has 2 aromatic heterocycles. The van der Waals surface area contributed by atoms with Gasteiger partial charge in [-0.2, -0.15) is 0 Å². The van der Waals surface area contributed by atoms with Crippen LogP contribution in [0, 0.1) is 3.57 Å². The van der Waals surface area contributed by atoms with Gasteiger partial charge in [0.1, 0.15) is 5.01 Å². The summed E-state index contributed by atoms with van der Waals surface area (Å²) in [4.78, 5) is 3.16. The van der Waals surface area contributed by atoms with E-state index in [0.29, 0.717) is 5.01 Å². The van der Waals surface area contributed by atoms with Gasteiger partial charge in [-0.3, -0.25) is 0 Å². The number of nitrogens with zero attached hydrogens (tertiary/aromatic N) is 2. The molecule has 0 aliphatic heterocycles. The molecule has 5 nitrogen and oxygen atoms in total. The highest BCUT2D eigenvalue weighted by atomic mass is 127. The summed E-state index contributed by atoms with van der Waals surface area (Å²) in [5, 5.41) is 9.38. The Morgan fingerprint density at radius 1 is 1.32 bits per heavy atom. The quantitative estimate of drug-likeness (QED) is 0.666. The Labute approximate surface area is 127 Å². The van der Waals surface area contributed by atoms with Gasteiger partial charge >= 0.3 is 0 Å². The second-order valence-corrected chi connectivity index (χ2v) is 8.37. The van der Waals surface area contributed by atoms with E-state index in [0.717, 1.165) is 37.6 Å². The van der Waals surface area contributed by atoms with Crippen molar-refractivity contribution in [1.29, 1.82) is 0 Å². The third-order valence-corrected chi connectivity index (χ3v) is 6.14. The number of sulfone groups is 1. The van der Waals surface area contributed by atoms with Gasteiger partial charge in [-0.1, -0.05) is 11.3 Å². The Hall–Kier alpha value is -1.000. The lowest BCUT2D eigenvalue weighted by Gasteiger charge is -1.96. The van der Waals surface area contributed by atoms with E-state index < -0.39 is 9.84 Å². The lowest BCUT2D eigenvalue weighted by atomic mass is 10.2. The zero-order chi connectivity index (χ0) is 13.6. The molecule has 0 bridgehead atoms. The van der Waals surface area contributed by atoms with E-state index in [9.17, 15) is 8.42 Å². The molecule has 8 heteroatoms. The van der Waals surface area contributed by atoms with Gasteiger partial charge in [-0.15, -0.1) is 10.2 Å². The van der Waals surface area contributed by atoms with Crippen molar-refractivity contribution in [3.8, 4) is 10.6 Å². The summed E-state index contributed by atoms with van der Waals surface area (Å²) in [7, 11) is -3.29. The first-order valence-corrected chi connectivity index (χ1v) is 9.04. The molecule has 3 rings (SSSR count). The third kappa shape index (κ3) is 2.39. The summed E-state index contributed by atoms with van der Waals surface area (Å²) in [5.74, 6) is 0. The van der Waals surface area contributed by atoms with Gasteiger partial charge < -0.3 is 4.98 Å². The average molecular weight is 405 g/mol. The van der Waals surface area contributed by atoms with E-state index in [2.05, 4.69) is 37.8 Å². The standard InChI is InChI=1S/C11H8IN3O2S2/c1-19(16,17)11-15-14-10(18-11)6-2-3-9-7(4-6)8(12)5-13-9/h2-5,13H,1H3. The van der Waals surface area contributed by atoms with Crippen LogP contribution in [0.5, 0.6) is 0 Å². The predicted octanol–water partition coefficient (Wildman–Crippen LogP) is 2.69. The largest absolute Gasteiger partial charge is 0.360 e. The van der Waals surface area contributed by atoms with Crippen molar-refractivity contribution in [2.24, 2.45) is 0 Å². The maximum atomic E-state index is 11.4. The highest BCUT2D eigenvalue weighted by Crippen LogP contribution is 2.30. The summed E-state index contributed by atoms with van der Waals surface area (Å²) in [6.07, 6.45) is 3.06. The van der Waals surface area contributed by atoms with Crippen molar-refractivity contribution in [1.82, 2.24) is 15.2 Å². The van der Waals surface area contributed by atoms with Crippen molar-refractivity contribution in [2.45, 2.75) is 4.34 Å². The minimum atomic E-state index is -3.29. The predicted molar refractivity (Wildman–Crippen MR) is 83.0 cm³/mol. The smallest absolute Gasteiger partial charge is 0.232 e. The monoisotopic (exact) mass is 405 g/mol. The molecule has 1 aromatic carbocycles. The van der Waals surface area contributed by atoms with E-state index in [4.69, 9.17) is 0 Å². The first-order chi connectivity index (χ1) is 8.95. The van der Waals surface area contributed by atoms with Crippen LogP contribution in [0.4, 0.5) is 0 Å². The number of rotatable bonds is 2. The molecule has 0 unspecified atom stereocenters. The minimum absolute atomic E-state index is 0.0476. The SMILES string of the molecule is CS(=O)(=O)c1nnc(-c2ccc3[nH]cc(I)c3c2)s1. The Kier molecular flexibility index (Phi) is 3.10. The van der Waals surface area contributed by atoms with Crippen molar-refractivity contribution in [2.75, 3.05) is 6.26 Å². The number of hydrogen-bond donors (Lipinski definition) is 1. The molecular weight excluding hydrogens is 397 g/mol. The van der Waals surface area contributed by atoms with Gasteiger partial charge in [0, 0.05) is 32.5 Å². The lowest BCUT2D eigenvalue weighted by molar-refractivity contribution is 0.600. The maximum absolute atomic E-state index is 11.4. The molecule has 0 aliphatic rings. The number of hydrogen-bond acceptors (Lipinski definition) is 5. The van der Waals surface area contributed by atoms with Crippen molar-refractivity contribution >= 4 is 54.7 Å². The number of halogens is 1. The van der Waals surface area contributed by atoms with E-state index in [1.165, 1.54) is 0 Å². The van der Waals surface area contributed by atoms with E-state index in [1.54, 1.807) is 0 Å². The number of aromatic nitrogens is 3. The van der Waals surface area contributed by atoms with Crippen molar-refractivity contribution < 1.29 is 8.42 Å². The molecule has 0 amide bonds. The molecule has 0 aliphatic carbocycles. The van der Waals surface area contributed by atoms with Crippen LogP contribution < -0.4 is 0 Å². The fourth-order valence-corrected chi connectivity index (χ4v) is 3.90. The van der Waals surface area contributed by atoms with E-state index in [1.807, 2.05) is 24.4 Å². The molecule has 3 aromatic rings. The molecule has 0 radical (unpaired) electrons. The molecule has 0 saturated carbocycles. The van der Waals surface area contributed by atoms with Crippen LogP contribution in [0.3, 0.4) is 0 Å². The van der Waals surface area contributed by atoms with Crippen molar-refractivity contribution in [3.63, 3.8) is 0 Å². The fourth-order valence-electron chi connectivity index (χ4n) is 1.70.